The number of ether oxygens (including phenoxy) is 1. The van der Waals surface area contributed by atoms with E-state index in [9.17, 15) is 4.79 Å². The highest BCUT2D eigenvalue weighted by molar-refractivity contribution is 14.1. The van der Waals surface area contributed by atoms with Crippen LogP contribution < -0.4 is 11.1 Å². The van der Waals surface area contributed by atoms with E-state index in [0.717, 1.165) is 29.2 Å². The van der Waals surface area contributed by atoms with Gasteiger partial charge in [-0.3, -0.25) is 4.79 Å². The van der Waals surface area contributed by atoms with Crippen LogP contribution in [-0.4, -0.2) is 35.1 Å². The van der Waals surface area contributed by atoms with Gasteiger partial charge in [-0.2, -0.15) is 0 Å². The van der Waals surface area contributed by atoms with Crippen molar-refractivity contribution >= 4 is 28.6 Å². The molecule has 0 amide bonds. The second-order valence-corrected chi connectivity index (χ2v) is 12.6. The Bertz CT molecular complexity index is 582. The third kappa shape index (κ3) is 6.17. The number of nitrogens with two attached hydrogens (primary N) is 1. The van der Waals surface area contributed by atoms with Crippen LogP contribution in [0.1, 0.15) is 98.3 Å². The summed E-state index contributed by atoms with van der Waals surface area (Å²) in [7, 11) is 0. The van der Waals surface area contributed by atoms with Crippen molar-refractivity contribution in [1.82, 2.24) is 5.32 Å². The molecule has 3 saturated carbocycles. The van der Waals surface area contributed by atoms with Gasteiger partial charge in [0.05, 0.1) is 6.42 Å². The summed E-state index contributed by atoms with van der Waals surface area (Å²) in [5, 5.41) is 3.65. The number of rotatable bonds is 8. The van der Waals surface area contributed by atoms with Gasteiger partial charge in [0.25, 0.3) is 0 Å². The molecule has 5 heteroatoms. The highest BCUT2D eigenvalue weighted by atomic mass is 127. The van der Waals surface area contributed by atoms with Crippen LogP contribution in [0.15, 0.2) is 0 Å². The van der Waals surface area contributed by atoms with Crippen molar-refractivity contribution < 1.29 is 9.53 Å². The van der Waals surface area contributed by atoms with Crippen LogP contribution in [0, 0.1) is 28.6 Å². The average Bonchev–Trinajstić information content (AvgIpc) is 2.91. The van der Waals surface area contributed by atoms with Crippen molar-refractivity contribution in [2.45, 2.75) is 117 Å². The van der Waals surface area contributed by atoms with Crippen LogP contribution in [0.2, 0.25) is 0 Å². The molecule has 0 bridgehead atoms. The zero-order chi connectivity index (χ0) is 22.6. The summed E-state index contributed by atoms with van der Waals surface area (Å²) in [6.45, 7) is 10.0. The summed E-state index contributed by atoms with van der Waals surface area (Å²) < 4.78 is 7.05. The van der Waals surface area contributed by atoms with Gasteiger partial charge in [-0.25, -0.2) is 0 Å². The molecule has 0 aromatic rings. The summed E-state index contributed by atoms with van der Waals surface area (Å²) in [5.74, 6) is 2.37. The quantitative estimate of drug-likeness (QED) is 0.228. The number of carbonyl (C=O) groups is 1. The Morgan fingerprint density at radius 2 is 1.61 bits per heavy atom. The fourth-order valence-electron chi connectivity index (χ4n) is 6.38. The standard InChI is InChI=1S/C26H47IN2O2/c1-18-15-23(26(4,17-27)25(18,2)3)31-24(30)13-14-29-22-11-7-20(8-12-22)16-19-5-9-21(28)10-6-19/h18-23,29H,5-17,28H2,1-4H3. The number of nitrogens with one attached hydrogen (secondary N) is 1. The van der Waals surface area contributed by atoms with Gasteiger partial charge in [0.2, 0.25) is 0 Å². The van der Waals surface area contributed by atoms with Crippen molar-refractivity contribution in [2.24, 2.45) is 34.3 Å². The van der Waals surface area contributed by atoms with Crippen LogP contribution in [0.3, 0.4) is 0 Å². The van der Waals surface area contributed by atoms with E-state index in [0.29, 0.717) is 24.4 Å². The van der Waals surface area contributed by atoms with Gasteiger partial charge in [0.1, 0.15) is 6.10 Å². The molecule has 4 nitrogen and oxygen atoms in total. The maximum absolute atomic E-state index is 12.6. The molecule has 0 spiro atoms. The Balaban J connectivity index is 1.32. The highest BCUT2D eigenvalue weighted by Gasteiger charge is 2.56. The topological polar surface area (TPSA) is 64.3 Å². The molecule has 0 aromatic carbocycles. The third-order valence-electron chi connectivity index (χ3n) is 9.70. The number of esters is 1. The van der Waals surface area contributed by atoms with E-state index in [1.165, 1.54) is 57.8 Å². The predicted octanol–water partition coefficient (Wildman–Crippen LogP) is 5.85. The summed E-state index contributed by atoms with van der Waals surface area (Å²) in [4.78, 5) is 12.6. The van der Waals surface area contributed by atoms with E-state index in [1.54, 1.807) is 0 Å². The van der Waals surface area contributed by atoms with E-state index in [2.05, 4.69) is 55.6 Å². The third-order valence-corrected chi connectivity index (χ3v) is 11.3. The van der Waals surface area contributed by atoms with Gasteiger partial charge < -0.3 is 15.8 Å². The largest absolute Gasteiger partial charge is 0.462 e. The zero-order valence-electron chi connectivity index (χ0n) is 20.4. The molecule has 3 rings (SSSR count). The van der Waals surface area contributed by atoms with Crippen molar-refractivity contribution in [2.75, 3.05) is 11.0 Å². The number of hydrogen-bond donors (Lipinski definition) is 2. The molecule has 180 valence electrons. The first kappa shape index (κ1) is 25.7. The molecule has 0 radical (unpaired) electrons. The maximum Gasteiger partial charge on any atom is 0.307 e. The first-order valence-corrected chi connectivity index (χ1v) is 14.4. The lowest BCUT2D eigenvalue weighted by molar-refractivity contribution is -0.155. The average molecular weight is 547 g/mol. The van der Waals surface area contributed by atoms with Crippen molar-refractivity contribution in [3.63, 3.8) is 0 Å². The maximum atomic E-state index is 12.6. The van der Waals surface area contributed by atoms with Gasteiger partial charge >= 0.3 is 5.97 Å². The molecule has 3 unspecified atom stereocenters. The molecule has 0 heterocycles. The fourth-order valence-corrected chi connectivity index (χ4v) is 7.86. The van der Waals surface area contributed by atoms with Crippen LogP contribution in [0.5, 0.6) is 0 Å². The molecule has 3 aliphatic carbocycles. The van der Waals surface area contributed by atoms with Crippen LogP contribution in [-0.2, 0) is 9.53 Å². The minimum absolute atomic E-state index is 0.0253. The van der Waals surface area contributed by atoms with Gasteiger partial charge in [-0.1, -0.05) is 50.3 Å². The number of alkyl halides is 1. The Morgan fingerprint density at radius 3 is 2.19 bits per heavy atom. The van der Waals surface area contributed by atoms with Gasteiger partial charge in [-0.05, 0) is 87.4 Å². The molecule has 0 saturated heterocycles. The first-order valence-electron chi connectivity index (χ1n) is 12.9. The number of halogens is 1. The van der Waals surface area contributed by atoms with Crippen LogP contribution >= 0.6 is 22.6 Å². The minimum atomic E-state index is -0.0253. The van der Waals surface area contributed by atoms with E-state index in [1.807, 2.05) is 0 Å². The number of hydrogen-bond acceptors (Lipinski definition) is 4. The summed E-state index contributed by atoms with van der Waals surface area (Å²) >= 11 is 2.47. The van der Waals surface area contributed by atoms with Crippen molar-refractivity contribution in [3.8, 4) is 0 Å². The van der Waals surface area contributed by atoms with E-state index in [-0.39, 0.29) is 22.9 Å². The lowest BCUT2D eigenvalue weighted by Gasteiger charge is -2.42. The Kier molecular flexibility index (Phi) is 9.16. The van der Waals surface area contributed by atoms with Gasteiger partial charge in [-0.15, -0.1) is 0 Å². The molecule has 31 heavy (non-hydrogen) atoms. The lowest BCUT2D eigenvalue weighted by atomic mass is 9.67. The molecular weight excluding hydrogens is 499 g/mol. The molecule has 3 atom stereocenters. The lowest BCUT2D eigenvalue weighted by Crippen LogP contribution is -2.43. The molecule has 3 fully saturated rings. The van der Waals surface area contributed by atoms with Crippen LogP contribution in [0.4, 0.5) is 0 Å². The van der Waals surface area contributed by atoms with Gasteiger partial charge in [0, 0.05) is 28.5 Å². The summed E-state index contributed by atoms with van der Waals surface area (Å²) in [6, 6.07) is 1.04. The molecule has 3 N–H and O–H groups in total. The Hall–Kier alpha value is 0.120. The second kappa shape index (κ2) is 11.0. The Labute approximate surface area is 204 Å². The van der Waals surface area contributed by atoms with Gasteiger partial charge in [0.15, 0.2) is 0 Å². The predicted molar refractivity (Wildman–Crippen MR) is 137 cm³/mol. The molecule has 0 aromatic heterocycles. The first-order chi connectivity index (χ1) is 14.7. The van der Waals surface area contributed by atoms with Crippen molar-refractivity contribution in [1.29, 1.82) is 0 Å². The zero-order valence-corrected chi connectivity index (χ0v) is 22.6. The highest BCUT2D eigenvalue weighted by Crippen LogP contribution is 2.57. The number of carbonyl (C=O) groups excluding carboxylic acids is 1. The van der Waals surface area contributed by atoms with E-state index >= 15 is 0 Å². The fraction of sp³-hybridized carbons (Fsp3) is 0.962. The van der Waals surface area contributed by atoms with Crippen molar-refractivity contribution in [3.05, 3.63) is 0 Å². The van der Waals surface area contributed by atoms with E-state index in [4.69, 9.17) is 10.5 Å². The summed E-state index contributed by atoms with van der Waals surface area (Å²) in [5.41, 5.74) is 6.31. The second-order valence-electron chi connectivity index (χ2n) is 11.8. The Morgan fingerprint density at radius 1 is 1.03 bits per heavy atom. The minimum Gasteiger partial charge on any atom is -0.462 e. The smallest absolute Gasteiger partial charge is 0.307 e. The normalized spacial score (nSPS) is 40.6. The monoisotopic (exact) mass is 546 g/mol. The van der Waals surface area contributed by atoms with E-state index < -0.39 is 0 Å². The SMILES string of the molecule is CC1CC(OC(=O)CCNC2CCC(CC3CCC(N)CC3)CC2)C(C)(CI)C1(C)C. The molecule has 3 aliphatic rings. The molecule has 0 aliphatic heterocycles. The molecular formula is C26H47IN2O2. The van der Waals surface area contributed by atoms with Crippen LogP contribution in [0.25, 0.3) is 0 Å². The summed E-state index contributed by atoms with van der Waals surface area (Å²) in [6.07, 6.45) is 13.3.